The minimum atomic E-state index is -0.571. The molecule has 0 aliphatic heterocycles. The summed E-state index contributed by atoms with van der Waals surface area (Å²) in [6, 6.07) is 12.4. The first kappa shape index (κ1) is 26.0. The Kier molecular flexibility index (Phi) is 10.8. The lowest BCUT2D eigenvalue weighted by atomic mass is 10.1. The van der Waals surface area contributed by atoms with Crippen LogP contribution in [0.1, 0.15) is 50.7 Å². The van der Waals surface area contributed by atoms with E-state index in [2.05, 4.69) is 5.32 Å². The summed E-state index contributed by atoms with van der Waals surface area (Å²) in [7, 11) is 0. The number of rotatable bonds is 12. The topological polar surface area (TPSA) is 58.6 Å². The van der Waals surface area contributed by atoms with Crippen LogP contribution in [-0.2, 0) is 16.1 Å². The molecule has 0 aromatic heterocycles. The zero-order chi connectivity index (χ0) is 23.5. The molecule has 5 nitrogen and oxygen atoms in total. The van der Waals surface area contributed by atoms with Crippen molar-refractivity contribution in [3.63, 3.8) is 0 Å². The fourth-order valence-corrected chi connectivity index (χ4v) is 3.78. The van der Waals surface area contributed by atoms with Crippen LogP contribution in [0.3, 0.4) is 0 Å². The van der Waals surface area contributed by atoms with E-state index >= 15 is 0 Å². The lowest BCUT2D eigenvalue weighted by Gasteiger charge is -2.31. The third-order valence-electron chi connectivity index (χ3n) is 5.12. The van der Waals surface area contributed by atoms with E-state index in [-0.39, 0.29) is 24.8 Å². The van der Waals surface area contributed by atoms with Gasteiger partial charge in [-0.25, -0.2) is 0 Å². The number of nitrogens with zero attached hydrogens (tertiary/aromatic N) is 1. The summed E-state index contributed by atoms with van der Waals surface area (Å²) in [6.07, 6.45) is 2.15. The fourth-order valence-electron chi connectivity index (χ4n) is 3.31. The highest BCUT2D eigenvalue weighted by Gasteiger charge is 2.28. The van der Waals surface area contributed by atoms with Crippen molar-refractivity contribution in [3.05, 3.63) is 63.6 Å². The Labute approximate surface area is 201 Å². The second-order valence-electron chi connectivity index (χ2n) is 7.74. The molecular formula is C25H32Cl2N2O3. The molecule has 1 N–H and O–H groups in total. The average molecular weight is 479 g/mol. The SMILES string of the molecule is CCCNC(=O)[C@H](CC)N(Cc1ccc(Cl)cc1Cl)C(=O)CCCOc1ccc(C)cc1. The van der Waals surface area contributed by atoms with Crippen LogP contribution in [0, 0.1) is 6.92 Å². The number of hydrogen-bond acceptors (Lipinski definition) is 3. The van der Waals surface area contributed by atoms with E-state index in [0.29, 0.717) is 36.0 Å². The molecule has 0 aliphatic rings. The van der Waals surface area contributed by atoms with Gasteiger partial charge in [-0.1, -0.05) is 60.8 Å². The molecule has 0 spiro atoms. The third kappa shape index (κ3) is 8.03. The molecule has 0 bridgehead atoms. The van der Waals surface area contributed by atoms with E-state index in [4.69, 9.17) is 27.9 Å². The standard InChI is InChI=1S/C25H32Cl2N2O3/c1-4-14-28-25(31)23(5-2)29(17-19-10-11-20(26)16-22(19)27)24(30)7-6-15-32-21-12-8-18(3)9-13-21/h8-13,16,23H,4-7,14-15,17H2,1-3H3,(H,28,31)/t23-/m0/s1. The molecule has 0 heterocycles. The first-order valence-electron chi connectivity index (χ1n) is 11.1. The Morgan fingerprint density at radius 2 is 1.81 bits per heavy atom. The van der Waals surface area contributed by atoms with Gasteiger partial charge in [0.1, 0.15) is 11.8 Å². The number of ether oxygens (including phenoxy) is 1. The van der Waals surface area contributed by atoms with Gasteiger partial charge >= 0.3 is 0 Å². The monoisotopic (exact) mass is 478 g/mol. The van der Waals surface area contributed by atoms with Crippen molar-refractivity contribution in [2.45, 2.75) is 59.0 Å². The number of carbonyl (C=O) groups excluding carboxylic acids is 2. The van der Waals surface area contributed by atoms with Crippen molar-refractivity contribution in [1.29, 1.82) is 0 Å². The molecule has 174 valence electrons. The molecule has 0 unspecified atom stereocenters. The first-order chi connectivity index (χ1) is 15.3. The van der Waals surface area contributed by atoms with Gasteiger partial charge in [0.25, 0.3) is 0 Å². The van der Waals surface area contributed by atoms with E-state index in [1.54, 1.807) is 23.1 Å². The van der Waals surface area contributed by atoms with E-state index in [0.717, 1.165) is 23.3 Å². The number of halogens is 2. The largest absolute Gasteiger partial charge is 0.494 e. The van der Waals surface area contributed by atoms with Gasteiger partial charge in [0.15, 0.2) is 0 Å². The Morgan fingerprint density at radius 1 is 1.09 bits per heavy atom. The number of carbonyl (C=O) groups is 2. The van der Waals surface area contributed by atoms with Gasteiger partial charge in [-0.05, 0) is 56.0 Å². The maximum atomic E-state index is 13.2. The molecular weight excluding hydrogens is 447 g/mol. The second-order valence-corrected chi connectivity index (χ2v) is 8.58. The molecule has 0 saturated carbocycles. The highest BCUT2D eigenvalue weighted by Crippen LogP contribution is 2.24. The Balaban J connectivity index is 2.07. The second kappa shape index (κ2) is 13.3. The van der Waals surface area contributed by atoms with Crippen molar-refractivity contribution >= 4 is 35.0 Å². The summed E-state index contributed by atoms with van der Waals surface area (Å²) in [5.74, 6) is 0.518. The van der Waals surface area contributed by atoms with Gasteiger partial charge in [0.05, 0.1) is 6.61 Å². The van der Waals surface area contributed by atoms with Gasteiger partial charge in [-0.15, -0.1) is 0 Å². The fraction of sp³-hybridized carbons (Fsp3) is 0.440. The molecule has 2 rings (SSSR count). The molecule has 0 radical (unpaired) electrons. The number of amides is 2. The summed E-state index contributed by atoms with van der Waals surface area (Å²) in [6.45, 7) is 7.15. The van der Waals surface area contributed by atoms with Gasteiger partial charge in [-0.2, -0.15) is 0 Å². The summed E-state index contributed by atoms with van der Waals surface area (Å²) in [4.78, 5) is 27.6. The molecule has 0 saturated heterocycles. The number of nitrogens with one attached hydrogen (secondary N) is 1. The van der Waals surface area contributed by atoms with Gasteiger partial charge in [0.2, 0.25) is 11.8 Å². The third-order valence-corrected chi connectivity index (χ3v) is 5.70. The van der Waals surface area contributed by atoms with Crippen LogP contribution in [-0.4, -0.2) is 35.9 Å². The van der Waals surface area contributed by atoms with Crippen LogP contribution in [0.4, 0.5) is 0 Å². The average Bonchev–Trinajstić information content (AvgIpc) is 2.77. The number of benzene rings is 2. The van der Waals surface area contributed by atoms with Crippen molar-refractivity contribution in [3.8, 4) is 5.75 Å². The zero-order valence-corrected chi connectivity index (χ0v) is 20.5. The van der Waals surface area contributed by atoms with Crippen LogP contribution in [0.15, 0.2) is 42.5 Å². The van der Waals surface area contributed by atoms with Crippen molar-refractivity contribution in [2.24, 2.45) is 0 Å². The number of aryl methyl sites for hydroxylation is 1. The molecule has 7 heteroatoms. The van der Waals surface area contributed by atoms with Crippen molar-refractivity contribution in [1.82, 2.24) is 10.2 Å². The van der Waals surface area contributed by atoms with Gasteiger partial charge < -0.3 is 15.0 Å². The van der Waals surface area contributed by atoms with Crippen LogP contribution in [0.25, 0.3) is 0 Å². The molecule has 0 aliphatic carbocycles. The molecule has 2 aromatic rings. The Bertz CT molecular complexity index is 887. The molecule has 2 aromatic carbocycles. The van der Waals surface area contributed by atoms with E-state index in [1.807, 2.05) is 45.0 Å². The van der Waals surface area contributed by atoms with Crippen LogP contribution in [0.2, 0.25) is 10.0 Å². The zero-order valence-electron chi connectivity index (χ0n) is 19.0. The lowest BCUT2D eigenvalue weighted by molar-refractivity contribution is -0.141. The summed E-state index contributed by atoms with van der Waals surface area (Å²) < 4.78 is 5.74. The molecule has 0 fully saturated rings. The van der Waals surface area contributed by atoms with Gasteiger partial charge in [-0.3, -0.25) is 9.59 Å². The van der Waals surface area contributed by atoms with Crippen molar-refractivity contribution in [2.75, 3.05) is 13.2 Å². The van der Waals surface area contributed by atoms with Crippen molar-refractivity contribution < 1.29 is 14.3 Å². The maximum Gasteiger partial charge on any atom is 0.242 e. The minimum absolute atomic E-state index is 0.109. The quantitative estimate of drug-likeness (QED) is 0.392. The van der Waals surface area contributed by atoms with Crippen LogP contribution >= 0.6 is 23.2 Å². The Morgan fingerprint density at radius 3 is 2.44 bits per heavy atom. The first-order valence-corrected chi connectivity index (χ1v) is 11.8. The summed E-state index contributed by atoms with van der Waals surface area (Å²) in [5, 5.41) is 3.91. The number of hydrogen-bond donors (Lipinski definition) is 1. The Hall–Kier alpha value is -2.24. The summed E-state index contributed by atoms with van der Waals surface area (Å²) in [5.41, 5.74) is 1.91. The minimum Gasteiger partial charge on any atom is -0.494 e. The maximum absolute atomic E-state index is 13.2. The molecule has 32 heavy (non-hydrogen) atoms. The smallest absolute Gasteiger partial charge is 0.242 e. The predicted octanol–water partition coefficient (Wildman–Crippen LogP) is 5.79. The lowest BCUT2D eigenvalue weighted by Crippen LogP contribution is -2.49. The van der Waals surface area contributed by atoms with Crippen LogP contribution in [0.5, 0.6) is 5.75 Å². The highest BCUT2D eigenvalue weighted by atomic mass is 35.5. The van der Waals surface area contributed by atoms with E-state index in [1.165, 1.54) is 0 Å². The predicted molar refractivity (Wildman–Crippen MR) is 130 cm³/mol. The van der Waals surface area contributed by atoms with Gasteiger partial charge in [0, 0.05) is 29.6 Å². The molecule has 1 atom stereocenters. The van der Waals surface area contributed by atoms with E-state index < -0.39 is 6.04 Å². The van der Waals surface area contributed by atoms with Crippen LogP contribution < -0.4 is 10.1 Å². The normalized spacial score (nSPS) is 11.7. The van der Waals surface area contributed by atoms with E-state index in [9.17, 15) is 9.59 Å². The summed E-state index contributed by atoms with van der Waals surface area (Å²) >= 11 is 12.4. The highest BCUT2D eigenvalue weighted by molar-refractivity contribution is 6.35. The molecule has 2 amide bonds.